The topological polar surface area (TPSA) is 76.2 Å². The van der Waals surface area contributed by atoms with E-state index in [0.29, 0.717) is 29.0 Å². The molecule has 6 rings (SSSR count). The van der Waals surface area contributed by atoms with Crippen LogP contribution in [0.1, 0.15) is 59.6 Å². The van der Waals surface area contributed by atoms with Crippen molar-refractivity contribution in [2.75, 3.05) is 19.7 Å². The number of hydrogen-bond donors (Lipinski definition) is 0. The van der Waals surface area contributed by atoms with Gasteiger partial charge in [0.1, 0.15) is 28.6 Å². The highest BCUT2D eigenvalue weighted by Gasteiger charge is 2.26. The molecule has 0 bridgehead atoms. The van der Waals surface area contributed by atoms with Gasteiger partial charge in [-0.2, -0.15) is 5.26 Å². The molecule has 0 radical (unpaired) electrons. The van der Waals surface area contributed by atoms with E-state index in [1.54, 1.807) is 18.2 Å². The van der Waals surface area contributed by atoms with E-state index in [1.165, 1.54) is 15.8 Å². The monoisotopic (exact) mass is 545 g/mol. The van der Waals surface area contributed by atoms with Gasteiger partial charge in [-0.1, -0.05) is 19.1 Å². The molecule has 0 aliphatic carbocycles. The number of fused-ring (bicyclic) bond motifs is 1. The number of rotatable bonds is 9. The number of aryl methyl sites for hydroxylation is 1. The Bertz CT molecular complexity index is 1500. The third-order valence-corrected chi connectivity index (χ3v) is 9.04. The van der Waals surface area contributed by atoms with E-state index >= 15 is 0 Å². The number of imidazole rings is 1. The van der Waals surface area contributed by atoms with Crippen molar-refractivity contribution < 1.29 is 13.9 Å². The normalized spacial score (nSPS) is 18.2. The largest absolute Gasteiger partial charge is 0.473 e. The van der Waals surface area contributed by atoms with E-state index in [4.69, 9.17) is 24.7 Å². The lowest BCUT2D eigenvalue weighted by Gasteiger charge is -2.32. The first-order valence-corrected chi connectivity index (χ1v) is 14.5. The van der Waals surface area contributed by atoms with Crippen LogP contribution in [0.5, 0.6) is 5.88 Å². The van der Waals surface area contributed by atoms with Crippen molar-refractivity contribution in [3.63, 3.8) is 0 Å². The van der Waals surface area contributed by atoms with Crippen molar-refractivity contribution in [2.24, 2.45) is 0 Å². The van der Waals surface area contributed by atoms with Crippen LogP contribution >= 0.6 is 11.3 Å². The Labute approximate surface area is 231 Å². The molecule has 9 heteroatoms. The van der Waals surface area contributed by atoms with Crippen molar-refractivity contribution in [1.29, 1.82) is 5.26 Å². The quantitative estimate of drug-likeness (QED) is 0.264. The second-order valence-corrected chi connectivity index (χ2v) is 11.4. The van der Waals surface area contributed by atoms with E-state index < -0.39 is 5.82 Å². The van der Waals surface area contributed by atoms with E-state index in [2.05, 4.69) is 28.5 Å². The lowest BCUT2D eigenvalue weighted by molar-refractivity contribution is -0.0591. The minimum Gasteiger partial charge on any atom is -0.473 e. The van der Waals surface area contributed by atoms with Gasteiger partial charge in [0.2, 0.25) is 5.88 Å². The van der Waals surface area contributed by atoms with Gasteiger partial charge < -0.3 is 14.0 Å². The molecule has 5 heterocycles. The van der Waals surface area contributed by atoms with Crippen molar-refractivity contribution in [2.45, 2.75) is 64.3 Å². The Morgan fingerprint density at radius 3 is 2.72 bits per heavy atom. The zero-order valence-corrected chi connectivity index (χ0v) is 22.9. The maximum absolute atomic E-state index is 14.2. The van der Waals surface area contributed by atoms with Gasteiger partial charge in [0.25, 0.3) is 0 Å². The predicted octanol–water partition coefficient (Wildman–Crippen LogP) is 5.81. The number of nitriles is 1. The predicted molar refractivity (Wildman–Crippen MR) is 148 cm³/mol. The first-order chi connectivity index (χ1) is 19.1. The van der Waals surface area contributed by atoms with Crippen LogP contribution in [0, 0.1) is 17.1 Å². The van der Waals surface area contributed by atoms with Gasteiger partial charge in [-0.15, -0.1) is 11.3 Å². The van der Waals surface area contributed by atoms with Crippen LogP contribution in [0.2, 0.25) is 0 Å². The Kier molecular flexibility index (Phi) is 7.60. The lowest BCUT2D eigenvalue weighted by atomic mass is 9.93. The summed E-state index contributed by atoms with van der Waals surface area (Å²) < 4.78 is 28.2. The second kappa shape index (κ2) is 11.4. The summed E-state index contributed by atoms with van der Waals surface area (Å²) in [5, 5.41) is 8.93. The van der Waals surface area contributed by atoms with Crippen molar-refractivity contribution in [1.82, 2.24) is 19.4 Å². The molecule has 0 spiro atoms. The molecule has 2 saturated heterocycles. The van der Waals surface area contributed by atoms with Gasteiger partial charge in [-0.05, 0) is 63.0 Å². The summed E-state index contributed by atoms with van der Waals surface area (Å²) in [5.41, 5.74) is 2.83. The standard InChI is InChI=1S/C30H32FN5O2S/c1-2-24-15-27-30(39-24)36(17-23-10-13-37-23)28(33-27)18-35-11-8-21(9-12-35)26-4-3-5-29(34-26)38-19-22-7-6-20(16-32)14-25(22)31/h3-7,14-15,21,23H,2,8-13,17-19H2,1H3/t23-/m0/s1. The number of ether oxygens (including phenoxy) is 2. The molecule has 3 aromatic heterocycles. The smallest absolute Gasteiger partial charge is 0.213 e. The number of nitrogens with zero attached hydrogens (tertiary/aromatic N) is 5. The van der Waals surface area contributed by atoms with Crippen LogP contribution < -0.4 is 4.74 Å². The number of piperidine rings is 1. The molecule has 202 valence electrons. The van der Waals surface area contributed by atoms with Crippen LogP contribution in [-0.4, -0.2) is 45.2 Å². The summed E-state index contributed by atoms with van der Waals surface area (Å²) in [6.07, 6.45) is 4.49. The highest BCUT2D eigenvalue weighted by atomic mass is 32.1. The van der Waals surface area contributed by atoms with Gasteiger partial charge in [0.15, 0.2) is 0 Å². The summed E-state index contributed by atoms with van der Waals surface area (Å²) >= 11 is 1.86. The highest BCUT2D eigenvalue weighted by molar-refractivity contribution is 7.18. The first-order valence-electron chi connectivity index (χ1n) is 13.7. The Hall–Kier alpha value is -3.32. The average molecular weight is 546 g/mol. The lowest BCUT2D eigenvalue weighted by Crippen LogP contribution is -2.35. The van der Waals surface area contributed by atoms with Gasteiger partial charge in [0.05, 0.1) is 30.8 Å². The molecule has 2 fully saturated rings. The van der Waals surface area contributed by atoms with E-state index in [1.807, 2.05) is 23.5 Å². The summed E-state index contributed by atoms with van der Waals surface area (Å²) in [7, 11) is 0. The van der Waals surface area contributed by atoms with Crippen LogP contribution in [-0.2, 0) is 30.9 Å². The van der Waals surface area contributed by atoms with Crippen LogP contribution in [0.25, 0.3) is 10.3 Å². The fourth-order valence-corrected chi connectivity index (χ4v) is 6.40. The molecule has 0 unspecified atom stereocenters. The average Bonchev–Trinajstić information content (AvgIpc) is 3.48. The fraction of sp³-hybridized carbons (Fsp3) is 0.433. The number of pyridine rings is 1. The molecule has 2 aliphatic heterocycles. The Morgan fingerprint density at radius 2 is 2.00 bits per heavy atom. The number of hydrogen-bond acceptors (Lipinski definition) is 7. The summed E-state index contributed by atoms with van der Waals surface area (Å²) in [5.74, 6) is 1.54. The number of likely N-dealkylation sites (tertiary alicyclic amines) is 1. The van der Waals surface area contributed by atoms with Crippen molar-refractivity contribution >= 4 is 21.7 Å². The van der Waals surface area contributed by atoms with E-state index in [9.17, 15) is 4.39 Å². The Balaban J connectivity index is 1.08. The minimum atomic E-state index is -0.441. The SMILES string of the molecule is CCc1cc2nc(CN3CCC(c4cccc(OCc5ccc(C#N)cc5F)n4)CC3)n(C[C@@H]3CCO3)c2s1. The molecule has 2 aliphatic rings. The molecular formula is C30H32FN5O2S. The zero-order chi connectivity index (χ0) is 26.8. The highest BCUT2D eigenvalue weighted by Crippen LogP contribution is 2.32. The van der Waals surface area contributed by atoms with E-state index in [0.717, 1.165) is 75.5 Å². The first kappa shape index (κ1) is 25.9. The molecule has 1 atom stereocenters. The minimum absolute atomic E-state index is 0.0716. The number of halogens is 1. The van der Waals surface area contributed by atoms with Crippen LogP contribution in [0.4, 0.5) is 4.39 Å². The van der Waals surface area contributed by atoms with Crippen molar-refractivity contribution in [3.05, 3.63) is 75.8 Å². The number of aromatic nitrogens is 3. The second-order valence-electron chi connectivity index (χ2n) is 10.3. The molecule has 39 heavy (non-hydrogen) atoms. The maximum atomic E-state index is 14.2. The molecule has 4 aromatic rings. The fourth-order valence-electron chi connectivity index (χ4n) is 5.34. The number of benzene rings is 1. The van der Waals surface area contributed by atoms with Crippen molar-refractivity contribution in [3.8, 4) is 11.9 Å². The molecule has 0 N–H and O–H groups in total. The summed E-state index contributed by atoms with van der Waals surface area (Å²) in [6, 6.07) is 14.4. The Morgan fingerprint density at radius 1 is 1.15 bits per heavy atom. The molecule has 0 amide bonds. The summed E-state index contributed by atoms with van der Waals surface area (Å²) in [4.78, 5) is 14.9. The van der Waals surface area contributed by atoms with Gasteiger partial charge >= 0.3 is 0 Å². The molecule has 1 aromatic carbocycles. The van der Waals surface area contributed by atoms with E-state index in [-0.39, 0.29) is 6.61 Å². The number of thiophene rings is 1. The zero-order valence-electron chi connectivity index (χ0n) is 22.1. The maximum Gasteiger partial charge on any atom is 0.213 e. The molecular weight excluding hydrogens is 513 g/mol. The van der Waals surface area contributed by atoms with Gasteiger partial charge in [-0.25, -0.2) is 14.4 Å². The van der Waals surface area contributed by atoms with Gasteiger partial charge in [0, 0.05) is 34.7 Å². The molecule has 7 nitrogen and oxygen atoms in total. The summed E-state index contributed by atoms with van der Waals surface area (Å²) in [6.45, 7) is 6.82. The molecule has 0 saturated carbocycles. The third kappa shape index (κ3) is 5.69. The van der Waals surface area contributed by atoms with Gasteiger partial charge in [-0.3, -0.25) is 4.90 Å². The van der Waals surface area contributed by atoms with Crippen LogP contribution in [0.3, 0.4) is 0 Å². The van der Waals surface area contributed by atoms with Crippen LogP contribution in [0.15, 0.2) is 42.5 Å². The third-order valence-electron chi connectivity index (χ3n) is 7.75.